The number of nitrogens with one attached hydrogen (secondary N) is 1. The van der Waals surface area contributed by atoms with Crippen LogP contribution < -0.4 is 16.3 Å². The third-order valence-electron chi connectivity index (χ3n) is 6.53. The molecular weight excluding hydrogens is 470 g/mol. The van der Waals surface area contributed by atoms with Crippen LogP contribution in [-0.4, -0.2) is 27.7 Å². The van der Waals surface area contributed by atoms with Crippen LogP contribution in [0.4, 0.5) is 0 Å². The number of aromatic amines is 1. The molecule has 3 rings (SSSR count). The Bertz CT molecular complexity index is 1320. The van der Waals surface area contributed by atoms with E-state index in [0.717, 1.165) is 77.3 Å². The standard InChI is InChI=1S/C20H25N3O.C7H14.C6H14O/c1-6-8-14-16(13(5)21)20-22-17-15(24)10-9-12(4)19(17)23(20)18(14)11(3)7-2;1-4-6-7(3)5-2;1-3-5-7-6-4-2/h8-10,22,24H,5-7,21H2,1-4H3;5H,4,6H2,1-3H3;3-6H2,1-2H3/b14-8+,18-11?;7-5+;. The summed E-state index contributed by atoms with van der Waals surface area (Å²) in [4.78, 5) is 3.37. The minimum atomic E-state index is 0.244. The van der Waals surface area contributed by atoms with E-state index in [1.807, 2.05) is 6.07 Å². The van der Waals surface area contributed by atoms with Crippen molar-refractivity contribution < 1.29 is 9.84 Å². The smallest absolute Gasteiger partial charge is 0.141 e. The summed E-state index contributed by atoms with van der Waals surface area (Å²) in [5, 5.41) is 12.6. The highest BCUT2D eigenvalue weighted by molar-refractivity contribution is 5.92. The molecule has 2 heterocycles. The lowest BCUT2D eigenvalue weighted by molar-refractivity contribution is 0.135. The van der Waals surface area contributed by atoms with Crippen molar-refractivity contribution in [2.75, 3.05) is 13.2 Å². The molecule has 0 spiro atoms. The van der Waals surface area contributed by atoms with Gasteiger partial charge < -0.3 is 20.6 Å². The average molecular weight is 524 g/mol. The van der Waals surface area contributed by atoms with E-state index >= 15 is 0 Å². The highest BCUT2D eigenvalue weighted by Gasteiger charge is 2.18. The van der Waals surface area contributed by atoms with Gasteiger partial charge in [-0.3, -0.25) is 4.40 Å². The first-order valence-corrected chi connectivity index (χ1v) is 14.3. The fourth-order valence-electron chi connectivity index (χ4n) is 4.39. The number of H-pyrrole nitrogens is 1. The fourth-order valence-corrected chi connectivity index (χ4v) is 4.39. The lowest BCUT2D eigenvalue weighted by Gasteiger charge is -2.02. The van der Waals surface area contributed by atoms with Crippen LogP contribution in [0.25, 0.3) is 34.0 Å². The molecule has 0 aliphatic heterocycles. The third kappa shape index (κ3) is 8.29. The molecule has 0 atom stereocenters. The SMILES string of the molecule is C/C=C(\C)CCC.C=C(N)c1/c(=C\CC)c(=C(C)CC)n2c1[nH]c1c(O)ccc(C)c12.CCCOCCC. The molecule has 2 aromatic heterocycles. The second-order valence-electron chi connectivity index (χ2n) is 9.84. The van der Waals surface area contributed by atoms with Crippen LogP contribution in [0.3, 0.4) is 0 Å². The summed E-state index contributed by atoms with van der Waals surface area (Å²) in [5.41, 5.74) is 14.1. The Morgan fingerprint density at radius 3 is 2.16 bits per heavy atom. The topological polar surface area (TPSA) is 75.7 Å². The van der Waals surface area contributed by atoms with Crippen molar-refractivity contribution in [2.45, 2.75) is 101 Å². The zero-order valence-electron chi connectivity index (χ0n) is 25.6. The van der Waals surface area contributed by atoms with Gasteiger partial charge in [-0.1, -0.05) is 71.4 Å². The summed E-state index contributed by atoms with van der Waals surface area (Å²) in [7, 11) is 0. The van der Waals surface area contributed by atoms with E-state index in [1.165, 1.54) is 24.0 Å². The number of fused-ring (bicyclic) bond motifs is 3. The minimum absolute atomic E-state index is 0.244. The molecule has 5 heteroatoms. The maximum Gasteiger partial charge on any atom is 0.141 e. The van der Waals surface area contributed by atoms with Gasteiger partial charge in [0.15, 0.2) is 0 Å². The lowest BCUT2D eigenvalue weighted by atomic mass is 10.1. The summed E-state index contributed by atoms with van der Waals surface area (Å²) in [6, 6.07) is 3.66. The summed E-state index contributed by atoms with van der Waals surface area (Å²) in [6.45, 7) is 25.0. The van der Waals surface area contributed by atoms with Gasteiger partial charge in [0.2, 0.25) is 0 Å². The molecule has 212 valence electrons. The van der Waals surface area contributed by atoms with Crippen LogP contribution in [-0.2, 0) is 4.74 Å². The Morgan fingerprint density at radius 1 is 1.08 bits per heavy atom. The number of hydrogen-bond donors (Lipinski definition) is 3. The van der Waals surface area contributed by atoms with E-state index < -0.39 is 0 Å². The quantitative estimate of drug-likeness (QED) is 0.199. The first-order valence-electron chi connectivity index (χ1n) is 14.3. The second kappa shape index (κ2) is 16.8. The molecule has 0 fully saturated rings. The largest absolute Gasteiger partial charge is 0.506 e. The molecule has 3 aromatic rings. The monoisotopic (exact) mass is 523 g/mol. The molecule has 0 bridgehead atoms. The summed E-state index contributed by atoms with van der Waals surface area (Å²) >= 11 is 0. The number of hydrogen-bond acceptors (Lipinski definition) is 3. The molecule has 0 amide bonds. The van der Waals surface area contributed by atoms with E-state index in [1.54, 1.807) is 6.07 Å². The summed E-state index contributed by atoms with van der Waals surface area (Å²) in [6.07, 6.45) is 11.0. The van der Waals surface area contributed by atoms with Gasteiger partial charge in [0.05, 0.1) is 10.9 Å². The fraction of sp³-hybridized carbons (Fsp3) is 0.515. The number of aryl methyl sites for hydroxylation is 1. The van der Waals surface area contributed by atoms with E-state index in [9.17, 15) is 5.11 Å². The van der Waals surface area contributed by atoms with E-state index in [2.05, 4.69) is 90.4 Å². The molecular formula is C33H53N3O2. The lowest BCUT2D eigenvalue weighted by Crippen LogP contribution is -2.30. The molecule has 0 aliphatic carbocycles. The molecule has 1 aromatic carbocycles. The Labute approximate surface area is 230 Å². The highest BCUT2D eigenvalue weighted by atomic mass is 16.5. The zero-order valence-corrected chi connectivity index (χ0v) is 25.6. The average Bonchev–Trinajstić information content (AvgIpc) is 3.42. The first kappa shape index (κ1) is 33.1. The summed E-state index contributed by atoms with van der Waals surface area (Å²) in [5.74, 6) is 0.244. The number of benzene rings is 1. The van der Waals surface area contributed by atoms with E-state index in [0.29, 0.717) is 5.70 Å². The van der Waals surface area contributed by atoms with Crippen molar-refractivity contribution >= 4 is 34.0 Å². The number of allylic oxidation sites excluding steroid dienone is 2. The second-order valence-corrected chi connectivity index (χ2v) is 9.84. The maximum absolute atomic E-state index is 10.3. The molecule has 0 saturated carbocycles. The van der Waals surface area contributed by atoms with Gasteiger partial charge in [0.1, 0.15) is 16.9 Å². The van der Waals surface area contributed by atoms with Crippen LogP contribution >= 0.6 is 0 Å². The van der Waals surface area contributed by atoms with Crippen molar-refractivity contribution in [2.24, 2.45) is 5.73 Å². The Balaban J connectivity index is 0.000000426. The number of phenols is 1. The van der Waals surface area contributed by atoms with Crippen LogP contribution in [0.2, 0.25) is 0 Å². The number of imidazole rings is 1. The highest BCUT2D eigenvalue weighted by Crippen LogP contribution is 2.28. The number of phenolic OH excluding ortho intramolecular Hbond substituents is 1. The van der Waals surface area contributed by atoms with E-state index in [-0.39, 0.29) is 5.75 Å². The van der Waals surface area contributed by atoms with Crippen molar-refractivity contribution in [3.8, 4) is 5.75 Å². The Hall–Kier alpha value is -2.92. The first-order chi connectivity index (χ1) is 18.1. The molecule has 4 N–H and O–H groups in total. The maximum atomic E-state index is 10.3. The predicted octanol–water partition coefficient (Wildman–Crippen LogP) is 7.71. The number of ether oxygens (including phenoxy) is 1. The number of rotatable bonds is 9. The van der Waals surface area contributed by atoms with Crippen LogP contribution in [0, 0.1) is 6.92 Å². The van der Waals surface area contributed by atoms with E-state index in [4.69, 9.17) is 10.5 Å². The van der Waals surface area contributed by atoms with Gasteiger partial charge in [-0.15, -0.1) is 0 Å². The molecule has 0 unspecified atom stereocenters. The van der Waals surface area contributed by atoms with Crippen molar-refractivity contribution in [1.82, 2.24) is 9.38 Å². The van der Waals surface area contributed by atoms with Crippen LogP contribution in [0.5, 0.6) is 5.75 Å². The van der Waals surface area contributed by atoms with Crippen molar-refractivity contribution in [3.05, 3.63) is 52.1 Å². The van der Waals surface area contributed by atoms with Gasteiger partial charge in [0, 0.05) is 29.7 Å². The summed E-state index contributed by atoms with van der Waals surface area (Å²) < 4.78 is 7.32. The minimum Gasteiger partial charge on any atom is -0.506 e. The van der Waals surface area contributed by atoms with Gasteiger partial charge in [-0.25, -0.2) is 0 Å². The normalized spacial score (nSPS) is 12.8. The number of nitrogens with two attached hydrogens (primary N) is 1. The number of nitrogens with zero attached hydrogens (tertiary/aromatic N) is 1. The zero-order chi connectivity index (χ0) is 28.8. The van der Waals surface area contributed by atoms with Crippen LogP contribution in [0.1, 0.15) is 105 Å². The number of aromatic nitrogens is 2. The molecule has 0 aliphatic rings. The Morgan fingerprint density at radius 2 is 1.71 bits per heavy atom. The predicted molar refractivity (Wildman–Crippen MR) is 168 cm³/mol. The molecule has 0 radical (unpaired) electrons. The Kier molecular flexibility index (Phi) is 14.7. The molecule has 0 saturated heterocycles. The van der Waals surface area contributed by atoms with Gasteiger partial charge in [-0.2, -0.15) is 0 Å². The van der Waals surface area contributed by atoms with Gasteiger partial charge in [-0.05, 0) is 77.0 Å². The molecule has 5 nitrogen and oxygen atoms in total. The van der Waals surface area contributed by atoms with Gasteiger partial charge in [0.25, 0.3) is 0 Å². The van der Waals surface area contributed by atoms with Gasteiger partial charge >= 0.3 is 0 Å². The third-order valence-corrected chi connectivity index (χ3v) is 6.53. The number of aromatic hydroxyl groups is 1. The van der Waals surface area contributed by atoms with Crippen LogP contribution in [0.15, 0.2) is 30.4 Å². The van der Waals surface area contributed by atoms with Crippen molar-refractivity contribution in [1.29, 1.82) is 0 Å². The van der Waals surface area contributed by atoms with Crippen molar-refractivity contribution in [3.63, 3.8) is 0 Å². The molecule has 38 heavy (non-hydrogen) atoms.